The van der Waals surface area contributed by atoms with Gasteiger partial charge in [-0.3, -0.25) is 4.79 Å². The molecular weight excluding hydrogens is 284 g/mol. The molecule has 0 bridgehead atoms. The van der Waals surface area contributed by atoms with Crippen LogP contribution in [0.3, 0.4) is 0 Å². The van der Waals surface area contributed by atoms with Gasteiger partial charge in [-0.05, 0) is 12.1 Å². The first-order valence-corrected chi connectivity index (χ1v) is 6.29. The van der Waals surface area contributed by atoms with E-state index in [1.807, 2.05) is 0 Å². The Morgan fingerprint density at radius 1 is 1.24 bits per heavy atom. The predicted molar refractivity (Wildman–Crippen MR) is 73.1 cm³/mol. The summed E-state index contributed by atoms with van der Waals surface area (Å²) in [6.07, 6.45) is -2.70. The number of carbonyl (C=O) groups is 2. The number of benzene rings is 1. The molecule has 0 radical (unpaired) electrons. The number of anilines is 1. The number of hydrogen-bond donors (Lipinski definition) is 3. The highest BCUT2D eigenvalue weighted by atomic mass is 19.3. The van der Waals surface area contributed by atoms with Gasteiger partial charge in [-0.2, -0.15) is 0 Å². The maximum atomic E-state index is 12.3. The highest BCUT2D eigenvalue weighted by molar-refractivity contribution is 5.92. The number of amides is 3. The van der Waals surface area contributed by atoms with E-state index in [0.717, 1.165) is 4.90 Å². The number of para-hydroxylation sites is 1. The normalized spacial score (nSPS) is 10.3. The topological polar surface area (TPSA) is 81.7 Å². The Balaban J connectivity index is 2.41. The summed E-state index contributed by atoms with van der Waals surface area (Å²) < 4.78 is 24.6. The van der Waals surface area contributed by atoms with Gasteiger partial charge in [0.15, 0.2) is 0 Å². The molecular formula is C13H17F2N3O3. The lowest BCUT2D eigenvalue weighted by Crippen LogP contribution is -2.44. The van der Waals surface area contributed by atoms with Crippen LogP contribution < -0.4 is 10.6 Å². The van der Waals surface area contributed by atoms with Crippen LogP contribution in [0.15, 0.2) is 30.3 Å². The van der Waals surface area contributed by atoms with Crippen LogP contribution in [-0.2, 0) is 4.79 Å². The lowest BCUT2D eigenvalue weighted by Gasteiger charge is -2.21. The number of rotatable bonds is 7. The zero-order valence-corrected chi connectivity index (χ0v) is 11.3. The van der Waals surface area contributed by atoms with E-state index in [4.69, 9.17) is 5.11 Å². The standard InChI is InChI=1S/C13H17F2N3O3/c14-11(15)9-18(6-7-19)12(20)8-16-13(21)17-10-4-2-1-3-5-10/h1-5,11,19H,6-9H2,(H2,16,17,21). The zero-order valence-electron chi connectivity index (χ0n) is 11.3. The van der Waals surface area contributed by atoms with Gasteiger partial charge in [0.1, 0.15) is 0 Å². The Bertz CT molecular complexity index is 457. The molecule has 3 N–H and O–H groups in total. The van der Waals surface area contributed by atoms with Gasteiger partial charge in [0.2, 0.25) is 5.91 Å². The molecule has 1 rings (SSSR count). The van der Waals surface area contributed by atoms with Gasteiger partial charge < -0.3 is 20.6 Å². The minimum absolute atomic E-state index is 0.203. The van der Waals surface area contributed by atoms with Crippen LogP contribution in [0, 0.1) is 0 Å². The fourth-order valence-corrected chi connectivity index (χ4v) is 1.57. The minimum Gasteiger partial charge on any atom is -0.395 e. The van der Waals surface area contributed by atoms with Gasteiger partial charge in [0.25, 0.3) is 6.43 Å². The maximum absolute atomic E-state index is 12.3. The molecule has 0 atom stereocenters. The van der Waals surface area contributed by atoms with Crippen molar-refractivity contribution in [1.29, 1.82) is 0 Å². The first kappa shape index (κ1) is 16.8. The summed E-state index contributed by atoms with van der Waals surface area (Å²) in [6.45, 7) is -1.83. The summed E-state index contributed by atoms with van der Waals surface area (Å²) in [6, 6.07) is 7.95. The second-order valence-electron chi connectivity index (χ2n) is 4.13. The third-order valence-electron chi connectivity index (χ3n) is 2.51. The van der Waals surface area contributed by atoms with Gasteiger partial charge in [0, 0.05) is 12.2 Å². The molecule has 1 aromatic carbocycles. The van der Waals surface area contributed by atoms with Crippen molar-refractivity contribution in [2.45, 2.75) is 6.43 Å². The molecule has 0 saturated carbocycles. The van der Waals surface area contributed by atoms with E-state index < -0.39 is 38.1 Å². The second-order valence-corrected chi connectivity index (χ2v) is 4.13. The number of urea groups is 1. The van der Waals surface area contributed by atoms with Crippen molar-refractivity contribution in [3.63, 3.8) is 0 Å². The van der Waals surface area contributed by atoms with Crippen LogP contribution in [0.2, 0.25) is 0 Å². The SMILES string of the molecule is O=C(NCC(=O)N(CCO)CC(F)F)Nc1ccccc1. The quantitative estimate of drug-likeness (QED) is 0.699. The molecule has 21 heavy (non-hydrogen) atoms. The van der Waals surface area contributed by atoms with E-state index >= 15 is 0 Å². The molecule has 0 aromatic heterocycles. The van der Waals surface area contributed by atoms with E-state index in [1.165, 1.54) is 0 Å². The largest absolute Gasteiger partial charge is 0.395 e. The van der Waals surface area contributed by atoms with Crippen molar-refractivity contribution in [3.05, 3.63) is 30.3 Å². The number of hydrogen-bond acceptors (Lipinski definition) is 3. The fourth-order valence-electron chi connectivity index (χ4n) is 1.57. The molecule has 0 aliphatic rings. The highest BCUT2D eigenvalue weighted by Crippen LogP contribution is 2.04. The molecule has 0 saturated heterocycles. The van der Waals surface area contributed by atoms with Crippen molar-refractivity contribution in [2.75, 3.05) is 31.6 Å². The Kier molecular flexibility index (Phi) is 7.10. The molecule has 0 fully saturated rings. The smallest absolute Gasteiger partial charge is 0.319 e. The van der Waals surface area contributed by atoms with Gasteiger partial charge in [-0.15, -0.1) is 0 Å². The Morgan fingerprint density at radius 3 is 2.48 bits per heavy atom. The highest BCUT2D eigenvalue weighted by Gasteiger charge is 2.18. The van der Waals surface area contributed by atoms with Gasteiger partial charge in [0.05, 0.1) is 19.7 Å². The minimum atomic E-state index is -2.70. The average molecular weight is 301 g/mol. The monoisotopic (exact) mass is 301 g/mol. The number of nitrogens with zero attached hydrogens (tertiary/aromatic N) is 1. The van der Waals surface area contributed by atoms with E-state index in [0.29, 0.717) is 5.69 Å². The lowest BCUT2D eigenvalue weighted by atomic mass is 10.3. The maximum Gasteiger partial charge on any atom is 0.319 e. The Hall–Kier alpha value is -2.22. The summed E-state index contributed by atoms with van der Waals surface area (Å²) in [4.78, 5) is 24.0. The molecule has 0 aliphatic heterocycles. The summed E-state index contributed by atoms with van der Waals surface area (Å²) in [5, 5.41) is 13.5. The number of aliphatic hydroxyl groups is 1. The molecule has 0 aliphatic carbocycles. The molecule has 0 heterocycles. The van der Waals surface area contributed by atoms with Gasteiger partial charge >= 0.3 is 6.03 Å². The summed E-state index contributed by atoms with van der Waals surface area (Å²) in [5.41, 5.74) is 0.544. The zero-order chi connectivity index (χ0) is 15.7. The van der Waals surface area contributed by atoms with Crippen molar-refractivity contribution in [1.82, 2.24) is 10.2 Å². The third-order valence-corrected chi connectivity index (χ3v) is 2.51. The first-order chi connectivity index (χ1) is 10.0. The van der Waals surface area contributed by atoms with Crippen molar-refractivity contribution in [3.8, 4) is 0 Å². The van der Waals surface area contributed by atoms with E-state index in [-0.39, 0.29) is 6.54 Å². The predicted octanol–water partition coefficient (Wildman–Crippen LogP) is 0.894. The van der Waals surface area contributed by atoms with Crippen LogP contribution >= 0.6 is 0 Å². The van der Waals surface area contributed by atoms with E-state index in [1.54, 1.807) is 30.3 Å². The first-order valence-electron chi connectivity index (χ1n) is 6.29. The van der Waals surface area contributed by atoms with Crippen LogP contribution in [-0.4, -0.2) is 54.6 Å². The molecule has 1 aromatic rings. The van der Waals surface area contributed by atoms with Crippen LogP contribution in [0.5, 0.6) is 0 Å². The molecule has 0 unspecified atom stereocenters. The van der Waals surface area contributed by atoms with Gasteiger partial charge in [-0.25, -0.2) is 13.6 Å². The Morgan fingerprint density at radius 2 is 1.90 bits per heavy atom. The second kappa shape index (κ2) is 8.85. The number of nitrogens with one attached hydrogen (secondary N) is 2. The third kappa shape index (κ3) is 6.66. The van der Waals surface area contributed by atoms with Crippen LogP contribution in [0.1, 0.15) is 0 Å². The van der Waals surface area contributed by atoms with E-state index in [9.17, 15) is 18.4 Å². The number of aliphatic hydroxyl groups excluding tert-OH is 1. The molecule has 0 spiro atoms. The van der Waals surface area contributed by atoms with Crippen molar-refractivity contribution < 1.29 is 23.5 Å². The summed E-state index contributed by atoms with van der Waals surface area (Å²) >= 11 is 0. The number of carbonyl (C=O) groups excluding carboxylic acids is 2. The fraction of sp³-hybridized carbons (Fsp3) is 0.385. The average Bonchev–Trinajstić information content (AvgIpc) is 2.45. The lowest BCUT2D eigenvalue weighted by molar-refractivity contribution is -0.132. The molecule has 8 heteroatoms. The molecule has 116 valence electrons. The number of alkyl halides is 2. The van der Waals surface area contributed by atoms with Crippen molar-refractivity contribution in [2.24, 2.45) is 0 Å². The van der Waals surface area contributed by atoms with Crippen LogP contribution in [0.4, 0.5) is 19.3 Å². The van der Waals surface area contributed by atoms with Crippen LogP contribution in [0.25, 0.3) is 0 Å². The number of halogens is 2. The summed E-state index contributed by atoms with van der Waals surface area (Å²) in [5.74, 6) is -0.687. The molecule has 6 nitrogen and oxygen atoms in total. The summed E-state index contributed by atoms with van der Waals surface area (Å²) in [7, 11) is 0. The van der Waals surface area contributed by atoms with E-state index in [2.05, 4.69) is 10.6 Å². The molecule has 3 amide bonds. The Labute approximate surface area is 120 Å². The van der Waals surface area contributed by atoms with Gasteiger partial charge in [-0.1, -0.05) is 18.2 Å². The van der Waals surface area contributed by atoms with Crippen molar-refractivity contribution >= 4 is 17.6 Å².